The minimum absolute atomic E-state index is 0.142. The number of aromatic hydroxyl groups is 1. The van der Waals surface area contributed by atoms with E-state index in [2.05, 4.69) is 5.32 Å². The number of nitrogens with one attached hydrogen (secondary N) is 1. The van der Waals surface area contributed by atoms with Crippen LogP contribution in [-0.4, -0.2) is 33.3 Å². The van der Waals surface area contributed by atoms with Crippen LogP contribution in [0.1, 0.15) is 17.3 Å². The minimum Gasteiger partial charge on any atom is -0.508 e. The van der Waals surface area contributed by atoms with Crippen LogP contribution in [0.4, 0.5) is 4.39 Å². The number of halogens is 1. The van der Waals surface area contributed by atoms with Crippen molar-refractivity contribution in [1.82, 2.24) is 5.32 Å². The maximum absolute atomic E-state index is 13.3. The molecule has 0 saturated heterocycles. The van der Waals surface area contributed by atoms with Gasteiger partial charge in [-0.1, -0.05) is 0 Å². The Morgan fingerprint density at radius 1 is 1.59 bits per heavy atom. The van der Waals surface area contributed by atoms with Gasteiger partial charge in [-0.05, 0) is 19.1 Å². The molecule has 6 heteroatoms. The molecule has 2 atom stereocenters. The summed E-state index contributed by atoms with van der Waals surface area (Å²) in [6.45, 7) is 1.69. The molecule has 2 N–H and O–H groups in total. The van der Waals surface area contributed by atoms with Gasteiger partial charge in [-0.3, -0.25) is 9.00 Å². The summed E-state index contributed by atoms with van der Waals surface area (Å²) in [6, 6.07) is 3.01. The molecule has 17 heavy (non-hydrogen) atoms. The first-order valence-corrected chi connectivity index (χ1v) is 6.72. The highest BCUT2D eigenvalue weighted by Crippen LogP contribution is 2.14. The molecule has 0 aliphatic heterocycles. The zero-order chi connectivity index (χ0) is 13.0. The van der Waals surface area contributed by atoms with E-state index in [1.807, 2.05) is 0 Å². The van der Waals surface area contributed by atoms with Crippen LogP contribution in [0.25, 0.3) is 0 Å². The van der Waals surface area contributed by atoms with Crippen LogP contribution >= 0.6 is 0 Å². The smallest absolute Gasteiger partial charge is 0.254 e. The lowest BCUT2D eigenvalue weighted by Crippen LogP contribution is -2.36. The van der Waals surface area contributed by atoms with Crippen molar-refractivity contribution in [3.05, 3.63) is 29.6 Å². The van der Waals surface area contributed by atoms with Gasteiger partial charge in [0.2, 0.25) is 0 Å². The first kappa shape index (κ1) is 13.6. The predicted octanol–water partition coefficient (Wildman–Crippen LogP) is 1.03. The van der Waals surface area contributed by atoms with Crippen molar-refractivity contribution in [3.63, 3.8) is 0 Å². The standard InChI is InChI=1S/C11H14FNO3S/c1-7(6-17(2)16)13-11(15)9-4-3-8(14)5-10(9)12/h3-5,7,14H,6H2,1-2H3,(H,13,15). The van der Waals surface area contributed by atoms with E-state index in [1.165, 1.54) is 18.4 Å². The first-order chi connectivity index (χ1) is 7.90. The van der Waals surface area contributed by atoms with Gasteiger partial charge in [0.1, 0.15) is 11.6 Å². The molecule has 0 spiro atoms. The summed E-state index contributed by atoms with van der Waals surface area (Å²) in [5.41, 5.74) is -0.142. The molecule has 0 aliphatic carbocycles. The Kier molecular flexibility index (Phi) is 4.62. The quantitative estimate of drug-likeness (QED) is 0.848. The fourth-order valence-corrected chi connectivity index (χ4v) is 2.17. The number of hydrogen-bond acceptors (Lipinski definition) is 3. The van der Waals surface area contributed by atoms with Crippen LogP contribution < -0.4 is 5.32 Å². The van der Waals surface area contributed by atoms with Crippen molar-refractivity contribution < 1.29 is 18.5 Å². The van der Waals surface area contributed by atoms with E-state index in [-0.39, 0.29) is 17.4 Å². The van der Waals surface area contributed by atoms with Crippen LogP contribution in [-0.2, 0) is 10.8 Å². The Bertz CT molecular complexity index is 450. The van der Waals surface area contributed by atoms with E-state index in [1.54, 1.807) is 6.92 Å². The summed E-state index contributed by atoms with van der Waals surface area (Å²) in [4.78, 5) is 11.6. The fraction of sp³-hybridized carbons (Fsp3) is 0.364. The molecule has 1 aromatic carbocycles. The van der Waals surface area contributed by atoms with Gasteiger partial charge in [0.15, 0.2) is 0 Å². The molecule has 0 bridgehead atoms. The molecule has 4 nitrogen and oxygen atoms in total. The number of rotatable bonds is 4. The summed E-state index contributed by atoms with van der Waals surface area (Å²) in [5, 5.41) is 11.5. The molecule has 2 unspecified atom stereocenters. The third-order valence-corrected chi connectivity index (χ3v) is 3.03. The number of hydrogen-bond donors (Lipinski definition) is 2. The molecular weight excluding hydrogens is 245 g/mol. The number of phenolic OH excluding ortho intramolecular Hbond substituents is 1. The topological polar surface area (TPSA) is 66.4 Å². The number of amides is 1. The second kappa shape index (κ2) is 5.77. The lowest BCUT2D eigenvalue weighted by Gasteiger charge is -2.12. The van der Waals surface area contributed by atoms with Gasteiger partial charge >= 0.3 is 0 Å². The molecule has 94 valence electrons. The molecule has 1 rings (SSSR count). The monoisotopic (exact) mass is 259 g/mol. The summed E-state index contributed by atoms with van der Waals surface area (Å²) in [6.07, 6.45) is 1.53. The average Bonchev–Trinajstić information content (AvgIpc) is 2.15. The number of carbonyl (C=O) groups excluding carboxylic acids is 1. The number of phenols is 1. The molecule has 0 saturated carbocycles. The largest absolute Gasteiger partial charge is 0.508 e. The molecule has 0 aromatic heterocycles. The minimum atomic E-state index is -1.03. The van der Waals surface area contributed by atoms with Crippen molar-refractivity contribution in [2.24, 2.45) is 0 Å². The molecule has 0 aliphatic rings. The number of benzene rings is 1. The third kappa shape index (κ3) is 4.14. The van der Waals surface area contributed by atoms with Crippen LogP contribution in [0.3, 0.4) is 0 Å². The van der Waals surface area contributed by atoms with E-state index < -0.39 is 22.5 Å². The van der Waals surface area contributed by atoms with Crippen molar-refractivity contribution in [2.45, 2.75) is 13.0 Å². The van der Waals surface area contributed by atoms with Gasteiger partial charge < -0.3 is 10.4 Å². The van der Waals surface area contributed by atoms with E-state index in [4.69, 9.17) is 5.11 Å². The van der Waals surface area contributed by atoms with E-state index in [0.717, 1.165) is 6.07 Å². The van der Waals surface area contributed by atoms with Gasteiger partial charge in [0.25, 0.3) is 5.91 Å². The Labute approximate surface area is 101 Å². The summed E-state index contributed by atoms with van der Waals surface area (Å²) in [5.74, 6) is -1.29. The summed E-state index contributed by atoms with van der Waals surface area (Å²) >= 11 is 0. The lowest BCUT2D eigenvalue weighted by atomic mass is 10.2. The van der Waals surface area contributed by atoms with Gasteiger partial charge in [-0.2, -0.15) is 0 Å². The van der Waals surface area contributed by atoms with Crippen molar-refractivity contribution >= 4 is 16.7 Å². The Morgan fingerprint density at radius 3 is 2.76 bits per heavy atom. The van der Waals surface area contributed by atoms with E-state index >= 15 is 0 Å². The highest BCUT2D eigenvalue weighted by Gasteiger charge is 2.15. The molecule has 0 heterocycles. The fourth-order valence-electron chi connectivity index (χ4n) is 1.38. The molecule has 1 amide bonds. The highest BCUT2D eigenvalue weighted by molar-refractivity contribution is 7.84. The van der Waals surface area contributed by atoms with Crippen LogP contribution in [0.2, 0.25) is 0 Å². The van der Waals surface area contributed by atoms with Crippen LogP contribution in [0.15, 0.2) is 18.2 Å². The summed E-state index contributed by atoms with van der Waals surface area (Å²) < 4.78 is 24.3. The van der Waals surface area contributed by atoms with Crippen LogP contribution in [0, 0.1) is 5.82 Å². The van der Waals surface area contributed by atoms with Crippen molar-refractivity contribution in [3.8, 4) is 5.75 Å². The number of carbonyl (C=O) groups is 1. The molecule has 1 aromatic rings. The van der Waals surface area contributed by atoms with Gasteiger partial charge in [-0.15, -0.1) is 0 Å². The van der Waals surface area contributed by atoms with Gasteiger partial charge in [0, 0.05) is 34.9 Å². The zero-order valence-corrected chi connectivity index (χ0v) is 10.4. The molecule has 0 radical (unpaired) electrons. The second-order valence-electron chi connectivity index (χ2n) is 3.78. The van der Waals surface area contributed by atoms with Gasteiger partial charge in [0.05, 0.1) is 5.56 Å². The van der Waals surface area contributed by atoms with Gasteiger partial charge in [-0.25, -0.2) is 4.39 Å². The van der Waals surface area contributed by atoms with Crippen LogP contribution in [0.5, 0.6) is 5.75 Å². The summed E-state index contributed by atoms with van der Waals surface area (Å²) in [7, 11) is -1.03. The first-order valence-electron chi connectivity index (χ1n) is 4.99. The highest BCUT2D eigenvalue weighted by atomic mass is 32.2. The normalized spacial score (nSPS) is 14.1. The lowest BCUT2D eigenvalue weighted by molar-refractivity contribution is 0.0939. The average molecular weight is 259 g/mol. The molecule has 0 fully saturated rings. The Balaban J connectivity index is 2.73. The Morgan fingerprint density at radius 2 is 2.24 bits per heavy atom. The predicted molar refractivity (Wildman–Crippen MR) is 63.9 cm³/mol. The van der Waals surface area contributed by atoms with E-state index in [9.17, 15) is 13.4 Å². The molecular formula is C11H14FNO3S. The maximum Gasteiger partial charge on any atom is 0.254 e. The maximum atomic E-state index is 13.3. The van der Waals surface area contributed by atoms with E-state index in [0.29, 0.717) is 5.75 Å². The zero-order valence-electron chi connectivity index (χ0n) is 9.57. The third-order valence-electron chi connectivity index (χ3n) is 2.06. The second-order valence-corrected chi connectivity index (χ2v) is 5.26. The van der Waals surface area contributed by atoms with Crippen molar-refractivity contribution in [1.29, 1.82) is 0 Å². The van der Waals surface area contributed by atoms with Crippen molar-refractivity contribution in [2.75, 3.05) is 12.0 Å². The Hall–Kier alpha value is -1.43. The SMILES string of the molecule is CC(CS(C)=O)NC(=O)c1ccc(O)cc1F.